The number of carboxylic acids is 1. The number of hydrogen-bond donors (Lipinski definition) is 1. The quantitative estimate of drug-likeness (QED) is 0.762. The summed E-state index contributed by atoms with van der Waals surface area (Å²) in [5.74, 6) is -2.44. The summed E-state index contributed by atoms with van der Waals surface area (Å²) < 4.78 is 4.63. The molecule has 0 aromatic heterocycles. The molecule has 1 atom stereocenters. The second kappa shape index (κ2) is 3.81. The predicted molar refractivity (Wildman–Crippen MR) is 56.8 cm³/mol. The van der Waals surface area contributed by atoms with Crippen LogP contribution >= 0.6 is 0 Å². The monoisotopic (exact) mass is 218 g/mol. The van der Waals surface area contributed by atoms with Crippen molar-refractivity contribution in [3.63, 3.8) is 0 Å². The minimum absolute atomic E-state index is 0.0630. The lowest BCUT2D eigenvalue weighted by Crippen LogP contribution is -2.18. The van der Waals surface area contributed by atoms with Crippen LogP contribution in [0.25, 0.3) is 6.08 Å². The van der Waals surface area contributed by atoms with E-state index in [0.717, 1.165) is 5.56 Å². The average Bonchev–Trinajstić information content (AvgIpc) is 2.67. The molecule has 1 unspecified atom stereocenters. The molecule has 0 spiro atoms. The molecule has 0 heterocycles. The van der Waals surface area contributed by atoms with E-state index in [0.29, 0.717) is 5.56 Å². The van der Waals surface area contributed by atoms with Gasteiger partial charge in [0.15, 0.2) is 0 Å². The second-order valence-electron chi connectivity index (χ2n) is 3.49. The number of hydrogen-bond acceptors (Lipinski definition) is 3. The maximum absolute atomic E-state index is 11.6. The van der Waals surface area contributed by atoms with Gasteiger partial charge in [0, 0.05) is 0 Å². The molecule has 1 N–H and O–H groups in total. The van der Waals surface area contributed by atoms with E-state index in [1.54, 1.807) is 24.3 Å². The van der Waals surface area contributed by atoms with Crippen LogP contribution in [0.3, 0.4) is 0 Å². The summed E-state index contributed by atoms with van der Waals surface area (Å²) in [5.41, 5.74) is 1.51. The first kappa shape index (κ1) is 10.4. The fourth-order valence-corrected chi connectivity index (χ4v) is 1.88. The minimum atomic E-state index is -1.09. The van der Waals surface area contributed by atoms with Gasteiger partial charge >= 0.3 is 11.9 Å². The van der Waals surface area contributed by atoms with Gasteiger partial charge in [0.25, 0.3) is 0 Å². The van der Waals surface area contributed by atoms with Crippen LogP contribution in [0, 0.1) is 0 Å². The third-order valence-electron chi connectivity index (χ3n) is 2.61. The highest BCUT2D eigenvalue weighted by Gasteiger charge is 2.35. The molecule has 0 aliphatic heterocycles. The van der Waals surface area contributed by atoms with Gasteiger partial charge in [-0.2, -0.15) is 0 Å². The van der Waals surface area contributed by atoms with Crippen LogP contribution in [0.4, 0.5) is 0 Å². The second-order valence-corrected chi connectivity index (χ2v) is 3.49. The number of carboxylic acid groups (broad SMARTS) is 1. The maximum atomic E-state index is 11.6. The topological polar surface area (TPSA) is 63.6 Å². The summed E-state index contributed by atoms with van der Waals surface area (Å²) >= 11 is 0. The zero-order valence-electron chi connectivity index (χ0n) is 8.64. The van der Waals surface area contributed by atoms with Crippen LogP contribution < -0.4 is 0 Å². The Hall–Kier alpha value is -2.10. The van der Waals surface area contributed by atoms with Gasteiger partial charge in [0.2, 0.25) is 0 Å². The Balaban J connectivity index is 2.52. The largest absolute Gasteiger partial charge is 0.478 e. The molecular formula is C12H10O4. The zero-order chi connectivity index (χ0) is 11.7. The molecule has 0 saturated heterocycles. The number of methoxy groups -OCH3 is 1. The van der Waals surface area contributed by atoms with Crippen molar-refractivity contribution >= 4 is 18.0 Å². The lowest BCUT2D eigenvalue weighted by atomic mass is 9.96. The number of benzene rings is 1. The number of fused-ring (bicyclic) bond motifs is 1. The first-order valence-electron chi connectivity index (χ1n) is 4.76. The number of rotatable bonds is 2. The number of esters is 1. The van der Waals surface area contributed by atoms with Crippen molar-refractivity contribution in [1.82, 2.24) is 0 Å². The third-order valence-corrected chi connectivity index (χ3v) is 2.61. The first-order valence-corrected chi connectivity index (χ1v) is 4.76. The smallest absolute Gasteiger partial charge is 0.332 e. The third kappa shape index (κ3) is 1.48. The van der Waals surface area contributed by atoms with Gasteiger partial charge in [0.05, 0.1) is 12.7 Å². The number of aliphatic carboxylic acids is 1. The van der Waals surface area contributed by atoms with E-state index in [1.807, 2.05) is 0 Å². The molecule has 1 aromatic carbocycles. The maximum Gasteiger partial charge on any atom is 0.332 e. The summed E-state index contributed by atoms with van der Waals surface area (Å²) in [6, 6.07) is 7.09. The first-order chi connectivity index (χ1) is 7.65. The zero-order valence-corrected chi connectivity index (χ0v) is 8.64. The van der Waals surface area contributed by atoms with Gasteiger partial charge in [-0.1, -0.05) is 24.3 Å². The Morgan fingerprint density at radius 2 is 2.00 bits per heavy atom. The normalized spacial score (nSPS) is 17.6. The van der Waals surface area contributed by atoms with Crippen molar-refractivity contribution in [3.8, 4) is 0 Å². The molecule has 1 aliphatic carbocycles. The van der Waals surface area contributed by atoms with Crippen LogP contribution in [0.1, 0.15) is 17.0 Å². The number of carbonyl (C=O) groups is 2. The van der Waals surface area contributed by atoms with Gasteiger partial charge < -0.3 is 9.84 Å². The van der Waals surface area contributed by atoms with Crippen LogP contribution in [0.15, 0.2) is 29.8 Å². The van der Waals surface area contributed by atoms with Crippen molar-refractivity contribution < 1.29 is 19.4 Å². The molecule has 0 radical (unpaired) electrons. The Morgan fingerprint density at radius 3 is 2.62 bits per heavy atom. The van der Waals surface area contributed by atoms with Crippen molar-refractivity contribution in [2.75, 3.05) is 7.11 Å². The molecule has 0 saturated carbocycles. The molecule has 2 rings (SSSR count). The standard InChI is InChI=1S/C12H10O4/c1-16-12(15)10-8-5-3-2-4-7(8)6-9(10)11(13)14/h2-6,10H,1H3,(H,13,14). The Labute approximate surface area is 92.2 Å². The lowest BCUT2D eigenvalue weighted by molar-refractivity contribution is -0.143. The Bertz CT molecular complexity index is 488. The molecular weight excluding hydrogens is 208 g/mol. The summed E-state index contributed by atoms with van der Waals surface area (Å²) in [6.07, 6.45) is 1.51. The van der Waals surface area contributed by atoms with Crippen LogP contribution in [0.5, 0.6) is 0 Å². The van der Waals surface area contributed by atoms with Crippen LogP contribution in [-0.2, 0) is 14.3 Å². The van der Waals surface area contributed by atoms with Crippen molar-refractivity contribution in [1.29, 1.82) is 0 Å². The number of ether oxygens (including phenoxy) is 1. The van der Waals surface area contributed by atoms with Gasteiger partial charge in [-0.05, 0) is 17.2 Å². The highest BCUT2D eigenvalue weighted by molar-refractivity contribution is 6.04. The summed E-state index contributed by atoms with van der Waals surface area (Å²) in [5, 5.41) is 9.02. The summed E-state index contributed by atoms with van der Waals surface area (Å²) in [7, 11) is 1.25. The Kier molecular flexibility index (Phi) is 2.48. The van der Waals surface area contributed by atoms with Crippen molar-refractivity contribution in [2.45, 2.75) is 5.92 Å². The molecule has 4 nitrogen and oxygen atoms in total. The van der Waals surface area contributed by atoms with E-state index in [-0.39, 0.29) is 5.57 Å². The molecule has 16 heavy (non-hydrogen) atoms. The van der Waals surface area contributed by atoms with Crippen molar-refractivity contribution in [3.05, 3.63) is 41.0 Å². The summed E-state index contributed by atoms with van der Waals surface area (Å²) in [6.45, 7) is 0. The molecule has 0 amide bonds. The van der Waals surface area contributed by atoms with Crippen molar-refractivity contribution in [2.24, 2.45) is 0 Å². The predicted octanol–water partition coefficient (Wildman–Crippen LogP) is 1.42. The van der Waals surface area contributed by atoms with E-state index in [1.165, 1.54) is 13.2 Å². The summed E-state index contributed by atoms with van der Waals surface area (Å²) in [4.78, 5) is 22.6. The van der Waals surface area contributed by atoms with E-state index in [4.69, 9.17) is 5.11 Å². The van der Waals surface area contributed by atoms with E-state index >= 15 is 0 Å². The average molecular weight is 218 g/mol. The van der Waals surface area contributed by atoms with Gasteiger partial charge in [0.1, 0.15) is 5.92 Å². The molecule has 0 fully saturated rings. The fourth-order valence-electron chi connectivity index (χ4n) is 1.88. The SMILES string of the molecule is COC(=O)C1C(C(=O)O)=Cc2ccccc21. The highest BCUT2D eigenvalue weighted by atomic mass is 16.5. The molecule has 1 aromatic rings. The molecule has 4 heteroatoms. The van der Waals surface area contributed by atoms with Crippen LogP contribution in [0.2, 0.25) is 0 Å². The highest BCUT2D eigenvalue weighted by Crippen LogP contribution is 2.36. The van der Waals surface area contributed by atoms with E-state index in [2.05, 4.69) is 4.74 Å². The molecule has 1 aliphatic rings. The molecule has 0 bridgehead atoms. The van der Waals surface area contributed by atoms with E-state index in [9.17, 15) is 9.59 Å². The molecule has 82 valence electrons. The van der Waals surface area contributed by atoms with Gasteiger partial charge in [-0.25, -0.2) is 4.79 Å². The fraction of sp³-hybridized carbons (Fsp3) is 0.167. The Morgan fingerprint density at radius 1 is 1.31 bits per heavy atom. The van der Waals surface area contributed by atoms with Gasteiger partial charge in [-0.3, -0.25) is 4.79 Å². The van der Waals surface area contributed by atoms with E-state index < -0.39 is 17.9 Å². The van der Waals surface area contributed by atoms with Crippen LogP contribution in [-0.4, -0.2) is 24.2 Å². The van der Waals surface area contributed by atoms with Gasteiger partial charge in [-0.15, -0.1) is 0 Å². The lowest BCUT2D eigenvalue weighted by Gasteiger charge is -2.11. The minimum Gasteiger partial charge on any atom is -0.478 e. The number of carbonyl (C=O) groups excluding carboxylic acids is 1.